The van der Waals surface area contributed by atoms with Crippen molar-refractivity contribution in [1.82, 2.24) is 4.57 Å². The minimum Gasteiger partial charge on any atom is -0.402 e. The summed E-state index contributed by atoms with van der Waals surface area (Å²) in [5, 5.41) is 12.0. The van der Waals surface area contributed by atoms with Gasteiger partial charge < -0.3 is 21.4 Å². The van der Waals surface area contributed by atoms with E-state index in [4.69, 9.17) is 11.1 Å². The molecule has 5 N–H and O–H groups in total. The maximum Gasteiger partial charge on any atom is 0.0619 e. The maximum atomic E-state index is 7.18. The van der Waals surface area contributed by atoms with Gasteiger partial charge in [-0.3, -0.25) is 0 Å². The van der Waals surface area contributed by atoms with Crippen LogP contribution in [-0.2, 0) is 0 Å². The van der Waals surface area contributed by atoms with Crippen LogP contribution in [0.1, 0.15) is 51.7 Å². The second kappa shape index (κ2) is 19.3. The lowest BCUT2D eigenvalue weighted by atomic mass is 9.98. The monoisotopic (exact) mass is 634 g/mol. The fourth-order valence-corrected chi connectivity index (χ4v) is 5.65. The minimum atomic E-state index is 0.664. The number of nitrogens with zero attached hydrogens (tertiary/aromatic N) is 1. The van der Waals surface area contributed by atoms with Crippen molar-refractivity contribution < 1.29 is 0 Å². The normalized spacial score (nSPS) is 12.5. The average Bonchev–Trinajstić information content (AvgIpc) is 3.48. The number of hydrogen-bond donors (Lipinski definition) is 3. The van der Waals surface area contributed by atoms with Gasteiger partial charge in [-0.2, -0.15) is 0 Å². The highest BCUT2D eigenvalue weighted by Gasteiger charge is 2.16. The predicted molar refractivity (Wildman–Crippen MR) is 215 cm³/mol. The Bertz CT molecular complexity index is 2010. The van der Waals surface area contributed by atoms with Crippen LogP contribution in [0, 0.1) is 5.41 Å². The van der Waals surface area contributed by atoms with Crippen molar-refractivity contribution in [2.24, 2.45) is 11.5 Å². The first kappa shape index (κ1) is 37.0. The number of nitrogens with two attached hydrogens (primary N) is 2. The van der Waals surface area contributed by atoms with Gasteiger partial charge in [0.15, 0.2) is 0 Å². The first-order valence-electron chi connectivity index (χ1n) is 16.6. The van der Waals surface area contributed by atoms with Crippen molar-refractivity contribution in [3.05, 3.63) is 163 Å². The fourth-order valence-electron chi connectivity index (χ4n) is 5.65. The van der Waals surface area contributed by atoms with Crippen LogP contribution in [0.2, 0.25) is 0 Å². The summed E-state index contributed by atoms with van der Waals surface area (Å²) in [6.07, 6.45) is 22.9. The largest absolute Gasteiger partial charge is 0.402 e. The molecule has 0 saturated heterocycles. The van der Waals surface area contributed by atoms with Gasteiger partial charge in [-0.1, -0.05) is 124 Å². The molecule has 5 aromatic rings. The number of para-hydroxylation sites is 1. The molecule has 0 saturated carbocycles. The molecule has 0 aliphatic carbocycles. The molecular weight excluding hydrogens is 585 g/mol. The van der Waals surface area contributed by atoms with Crippen LogP contribution in [0.4, 0.5) is 0 Å². The summed E-state index contributed by atoms with van der Waals surface area (Å²) in [5.74, 6) is 0. The lowest BCUT2D eigenvalue weighted by Crippen LogP contribution is -1.95. The molecular formula is C44H50N4. The summed E-state index contributed by atoms with van der Waals surface area (Å²) in [6, 6.07) is 28.5. The molecule has 0 fully saturated rings. The molecule has 4 aromatic carbocycles. The molecule has 4 nitrogen and oxygen atoms in total. The number of fused-ring (bicyclic) bond motifs is 5. The molecule has 0 radical (unpaired) electrons. The number of aromatic nitrogens is 1. The van der Waals surface area contributed by atoms with Crippen LogP contribution in [0.5, 0.6) is 0 Å². The fraction of sp³-hybridized carbons (Fsp3) is 0.159. The summed E-state index contributed by atoms with van der Waals surface area (Å²) >= 11 is 0. The van der Waals surface area contributed by atoms with E-state index in [2.05, 4.69) is 127 Å². The summed E-state index contributed by atoms with van der Waals surface area (Å²) in [4.78, 5) is 0. The Morgan fingerprint density at radius 1 is 0.812 bits per heavy atom. The molecule has 0 amide bonds. The quantitative estimate of drug-likeness (QED) is 0.0998. The summed E-state index contributed by atoms with van der Waals surface area (Å²) in [6.45, 7) is 12.1. The van der Waals surface area contributed by atoms with Crippen LogP contribution in [-0.4, -0.2) is 17.8 Å². The van der Waals surface area contributed by atoms with Gasteiger partial charge in [0.1, 0.15) is 0 Å². The van der Waals surface area contributed by atoms with E-state index in [0.29, 0.717) is 6.42 Å². The van der Waals surface area contributed by atoms with E-state index < -0.39 is 0 Å². The van der Waals surface area contributed by atoms with Crippen LogP contribution >= 0.6 is 0 Å². The Morgan fingerprint density at radius 2 is 1.50 bits per heavy atom. The Hall–Kier alpha value is -5.45. The second-order valence-electron chi connectivity index (χ2n) is 10.6. The topological polar surface area (TPSA) is 80.8 Å². The molecule has 48 heavy (non-hydrogen) atoms. The first-order chi connectivity index (χ1) is 23.6. The highest BCUT2D eigenvalue weighted by molar-refractivity contribution is 6.19. The van der Waals surface area contributed by atoms with E-state index in [1.54, 1.807) is 6.08 Å². The lowest BCUT2D eigenvalue weighted by Gasteiger charge is -2.12. The summed E-state index contributed by atoms with van der Waals surface area (Å²) < 4.78 is 2.40. The molecule has 5 rings (SSSR count). The average molecular weight is 635 g/mol. The molecule has 0 bridgehead atoms. The zero-order valence-corrected chi connectivity index (χ0v) is 29.1. The highest BCUT2D eigenvalue weighted by Crippen LogP contribution is 2.38. The number of nitrogens with one attached hydrogen (secondary N) is 1. The summed E-state index contributed by atoms with van der Waals surface area (Å²) in [5.41, 5.74) is 19.5. The van der Waals surface area contributed by atoms with Crippen molar-refractivity contribution >= 4 is 49.9 Å². The SMILES string of the molecule is C=C/C(=C\C/C(N)=C/C=C\C)c1ccc2c(ccc3c4ccc(C(/C=C/C/C=C\C=N)=C/C)cc4n(-c4ccccc4)c23)c1.CC.CN. The zero-order chi connectivity index (χ0) is 34.9. The zero-order valence-electron chi connectivity index (χ0n) is 29.1. The molecule has 0 atom stereocenters. The summed E-state index contributed by atoms with van der Waals surface area (Å²) in [7, 11) is 1.50. The van der Waals surface area contributed by atoms with Gasteiger partial charge >= 0.3 is 0 Å². The maximum absolute atomic E-state index is 7.18. The van der Waals surface area contributed by atoms with Crippen LogP contribution in [0.3, 0.4) is 0 Å². The van der Waals surface area contributed by atoms with Crippen LogP contribution in [0.15, 0.2) is 152 Å². The van der Waals surface area contributed by atoms with Crippen LogP contribution in [0.25, 0.3) is 49.4 Å². The Kier molecular flexibility index (Phi) is 14.9. The number of rotatable bonds is 11. The third-order valence-electron chi connectivity index (χ3n) is 7.82. The van der Waals surface area contributed by atoms with E-state index >= 15 is 0 Å². The van der Waals surface area contributed by atoms with E-state index in [1.807, 2.05) is 51.2 Å². The van der Waals surface area contributed by atoms with Crippen molar-refractivity contribution in [2.75, 3.05) is 7.05 Å². The molecule has 1 aromatic heterocycles. The Labute approximate surface area is 287 Å². The van der Waals surface area contributed by atoms with Crippen molar-refractivity contribution in [3.63, 3.8) is 0 Å². The molecule has 0 aliphatic heterocycles. The molecule has 0 aliphatic rings. The van der Waals surface area contributed by atoms with Gasteiger partial charge in [0.05, 0.1) is 11.0 Å². The van der Waals surface area contributed by atoms with Gasteiger partial charge in [-0.15, -0.1) is 0 Å². The van der Waals surface area contributed by atoms with E-state index in [1.165, 1.54) is 57.0 Å². The predicted octanol–water partition coefficient (Wildman–Crippen LogP) is 11.5. The molecule has 1 heterocycles. The van der Waals surface area contributed by atoms with Gasteiger partial charge in [0.2, 0.25) is 0 Å². The van der Waals surface area contributed by atoms with E-state index in [-0.39, 0.29) is 0 Å². The van der Waals surface area contributed by atoms with Crippen LogP contribution < -0.4 is 11.5 Å². The molecule has 0 spiro atoms. The molecule has 246 valence electrons. The third-order valence-corrected chi connectivity index (χ3v) is 7.82. The standard InChI is InChI=1S/C41H39N3.C2H6.CH5N/c1-4-7-16-35(43)23-19-31(6-3)32-20-24-37-34(28-32)22-26-39-38-25-21-33(30(5-2)15-11-8-9-14-27-42)29-40(38)44(41(37)39)36-17-12-10-13-18-36;2*1-2/h4-7,9-22,24-29,42H,3,8,23,43H2,1-2H3;1-2H3;2H2,1H3/b7-4-,14-9-,15-11+,30-5+,31-19+,35-16-,42-27?;;. The third kappa shape index (κ3) is 8.67. The van der Waals surface area contributed by atoms with Crippen molar-refractivity contribution in [1.29, 1.82) is 5.41 Å². The van der Waals surface area contributed by atoms with E-state index in [9.17, 15) is 0 Å². The number of hydrogen-bond acceptors (Lipinski definition) is 3. The van der Waals surface area contributed by atoms with Gasteiger partial charge in [0, 0.05) is 40.2 Å². The minimum absolute atomic E-state index is 0.664. The first-order valence-corrected chi connectivity index (χ1v) is 16.6. The second-order valence-corrected chi connectivity index (χ2v) is 10.6. The molecule has 0 unspecified atom stereocenters. The number of allylic oxidation sites excluding steroid dienone is 12. The lowest BCUT2D eigenvalue weighted by molar-refractivity contribution is 1.17. The van der Waals surface area contributed by atoms with Crippen molar-refractivity contribution in [3.8, 4) is 5.69 Å². The number of benzene rings is 4. The Balaban J connectivity index is 0.00000151. The van der Waals surface area contributed by atoms with Gasteiger partial charge in [-0.05, 0) is 91.4 Å². The molecule has 4 heteroatoms. The van der Waals surface area contributed by atoms with Gasteiger partial charge in [0.25, 0.3) is 0 Å². The smallest absolute Gasteiger partial charge is 0.0619 e. The van der Waals surface area contributed by atoms with Crippen molar-refractivity contribution in [2.45, 2.75) is 40.5 Å². The highest BCUT2D eigenvalue weighted by atomic mass is 15.0. The van der Waals surface area contributed by atoms with Gasteiger partial charge in [-0.25, -0.2) is 0 Å². The Morgan fingerprint density at radius 3 is 2.17 bits per heavy atom. The van der Waals surface area contributed by atoms with E-state index in [0.717, 1.165) is 28.9 Å².